The van der Waals surface area contributed by atoms with E-state index in [2.05, 4.69) is 53.1 Å². The molecule has 0 spiro atoms. The molecule has 0 radical (unpaired) electrons. The number of aromatic nitrogens is 3. The zero-order valence-corrected chi connectivity index (χ0v) is 19.0. The normalized spacial score (nSPS) is 10.9. The van der Waals surface area contributed by atoms with Crippen molar-refractivity contribution in [2.45, 2.75) is 13.8 Å². The van der Waals surface area contributed by atoms with Gasteiger partial charge in [-0.15, -0.1) is 0 Å². The molecule has 4 aromatic carbocycles. The van der Waals surface area contributed by atoms with Crippen LogP contribution in [0.5, 0.6) is 0 Å². The minimum absolute atomic E-state index is 0.630. The summed E-state index contributed by atoms with van der Waals surface area (Å²) >= 11 is 0. The quantitative estimate of drug-likeness (QED) is 0.262. The third-order valence-corrected chi connectivity index (χ3v) is 5.54. The highest BCUT2D eigenvalue weighted by molar-refractivity contribution is 5.82. The van der Waals surface area contributed by atoms with Gasteiger partial charge in [-0.05, 0) is 62.4 Å². The van der Waals surface area contributed by atoms with E-state index in [9.17, 15) is 0 Å². The molecule has 0 bridgehead atoms. The molecule has 0 fully saturated rings. The van der Waals surface area contributed by atoms with Gasteiger partial charge in [-0.3, -0.25) is 0 Å². The SMILES string of the molecule is Cc1ccc(-c2nc3cc(N)ccc3o2)cc1.Cc1ccc(-c2nc3ccc(N)cc3[nH]2)cc1. The lowest BCUT2D eigenvalue weighted by atomic mass is 10.1. The van der Waals surface area contributed by atoms with Gasteiger partial charge in [0.15, 0.2) is 5.58 Å². The molecule has 0 amide bonds. The van der Waals surface area contributed by atoms with Crippen LogP contribution >= 0.6 is 0 Å². The molecule has 0 unspecified atom stereocenters. The number of oxazole rings is 1. The number of aromatic amines is 1. The maximum Gasteiger partial charge on any atom is 0.227 e. The minimum Gasteiger partial charge on any atom is -0.436 e. The molecule has 6 rings (SSSR count). The summed E-state index contributed by atoms with van der Waals surface area (Å²) in [6.07, 6.45) is 0. The summed E-state index contributed by atoms with van der Waals surface area (Å²) in [5.74, 6) is 1.51. The van der Waals surface area contributed by atoms with Gasteiger partial charge in [0.25, 0.3) is 0 Å². The number of hydrogen-bond donors (Lipinski definition) is 3. The van der Waals surface area contributed by atoms with Crippen LogP contribution in [0.25, 0.3) is 45.0 Å². The first-order chi connectivity index (χ1) is 16.4. The number of benzene rings is 4. The summed E-state index contributed by atoms with van der Waals surface area (Å²) in [6.45, 7) is 4.12. The van der Waals surface area contributed by atoms with Crippen molar-refractivity contribution in [2.24, 2.45) is 0 Å². The van der Waals surface area contributed by atoms with Gasteiger partial charge in [-0.2, -0.15) is 0 Å². The maximum absolute atomic E-state index is 5.74. The van der Waals surface area contributed by atoms with E-state index in [-0.39, 0.29) is 0 Å². The maximum atomic E-state index is 5.74. The Kier molecular flexibility index (Phi) is 5.47. The number of nitrogens with zero attached hydrogens (tertiary/aromatic N) is 2. The van der Waals surface area contributed by atoms with Crippen LogP contribution in [0.3, 0.4) is 0 Å². The Labute approximate surface area is 197 Å². The third-order valence-electron chi connectivity index (χ3n) is 5.54. The topological polar surface area (TPSA) is 107 Å². The van der Waals surface area contributed by atoms with Gasteiger partial charge in [0.1, 0.15) is 11.3 Å². The van der Waals surface area contributed by atoms with Gasteiger partial charge in [0, 0.05) is 22.5 Å². The molecule has 2 aromatic heterocycles. The Morgan fingerprint density at radius 1 is 0.647 bits per heavy atom. The summed E-state index contributed by atoms with van der Waals surface area (Å²) in [6, 6.07) is 27.5. The van der Waals surface area contributed by atoms with Gasteiger partial charge in [-0.1, -0.05) is 47.5 Å². The van der Waals surface area contributed by atoms with Crippen LogP contribution in [0.1, 0.15) is 11.1 Å². The number of H-pyrrole nitrogens is 1. The minimum atomic E-state index is 0.630. The summed E-state index contributed by atoms with van der Waals surface area (Å²) in [5.41, 5.74) is 20.9. The first-order valence-corrected chi connectivity index (χ1v) is 11.0. The lowest BCUT2D eigenvalue weighted by molar-refractivity contribution is 0.620. The predicted molar refractivity (Wildman–Crippen MR) is 139 cm³/mol. The summed E-state index contributed by atoms with van der Waals surface area (Å²) < 4.78 is 5.68. The van der Waals surface area contributed by atoms with Crippen molar-refractivity contribution in [3.05, 3.63) is 96.1 Å². The van der Waals surface area contributed by atoms with E-state index < -0.39 is 0 Å². The van der Waals surface area contributed by atoms with Gasteiger partial charge in [0.2, 0.25) is 5.89 Å². The second kappa shape index (κ2) is 8.75. The number of imidazole rings is 1. The molecule has 0 saturated heterocycles. The number of nitrogens with two attached hydrogens (primary N) is 2. The number of aryl methyl sites for hydroxylation is 2. The Hall–Kier alpha value is -4.58. The monoisotopic (exact) mass is 447 g/mol. The number of rotatable bonds is 2. The van der Waals surface area contributed by atoms with Crippen LogP contribution in [0.2, 0.25) is 0 Å². The molecule has 0 aliphatic heterocycles. The second-order valence-corrected chi connectivity index (χ2v) is 8.34. The van der Waals surface area contributed by atoms with Crippen molar-refractivity contribution in [2.75, 3.05) is 11.5 Å². The fourth-order valence-corrected chi connectivity index (χ4v) is 3.64. The molecule has 6 aromatic rings. The Morgan fingerprint density at radius 2 is 1.26 bits per heavy atom. The molecule has 168 valence electrons. The van der Waals surface area contributed by atoms with E-state index in [1.165, 1.54) is 11.1 Å². The molecule has 6 nitrogen and oxygen atoms in total. The highest BCUT2D eigenvalue weighted by atomic mass is 16.3. The Morgan fingerprint density at radius 3 is 1.97 bits per heavy atom. The molecule has 0 atom stereocenters. The smallest absolute Gasteiger partial charge is 0.227 e. The lowest BCUT2D eigenvalue weighted by Gasteiger charge is -1.96. The number of fused-ring (bicyclic) bond motifs is 2. The number of nitrogen functional groups attached to an aromatic ring is 2. The summed E-state index contributed by atoms with van der Waals surface area (Å²) in [4.78, 5) is 12.3. The lowest BCUT2D eigenvalue weighted by Crippen LogP contribution is -1.82. The largest absolute Gasteiger partial charge is 0.436 e. The molecule has 0 aliphatic rings. The van der Waals surface area contributed by atoms with Crippen molar-refractivity contribution >= 4 is 33.5 Å². The van der Waals surface area contributed by atoms with E-state index in [0.717, 1.165) is 44.8 Å². The zero-order chi connectivity index (χ0) is 23.7. The van der Waals surface area contributed by atoms with Crippen molar-refractivity contribution in [1.29, 1.82) is 0 Å². The van der Waals surface area contributed by atoms with Crippen LogP contribution in [-0.2, 0) is 0 Å². The molecule has 6 heteroatoms. The standard InChI is InChI=1S/C14H13N3.C14H12N2O/c1-9-2-4-10(5-3-9)14-16-12-7-6-11(15)8-13(12)17-14;1-9-2-4-10(5-3-9)14-16-12-8-11(15)6-7-13(12)17-14/h2-8H,15H2,1H3,(H,16,17);2-8H,15H2,1H3. The highest BCUT2D eigenvalue weighted by Gasteiger charge is 2.08. The third kappa shape index (κ3) is 4.47. The molecule has 5 N–H and O–H groups in total. The number of hydrogen-bond acceptors (Lipinski definition) is 5. The predicted octanol–water partition coefficient (Wildman–Crippen LogP) is 6.51. The first kappa shape index (κ1) is 21.3. The summed E-state index contributed by atoms with van der Waals surface area (Å²) in [7, 11) is 0. The Bertz CT molecular complexity index is 1460. The van der Waals surface area contributed by atoms with Gasteiger partial charge < -0.3 is 20.9 Å². The summed E-state index contributed by atoms with van der Waals surface area (Å²) in [5, 5.41) is 0. The van der Waals surface area contributed by atoms with Crippen LogP contribution in [0.4, 0.5) is 11.4 Å². The molecular formula is C28H25N5O. The fraction of sp³-hybridized carbons (Fsp3) is 0.0714. The van der Waals surface area contributed by atoms with Crippen LogP contribution in [-0.4, -0.2) is 15.0 Å². The van der Waals surface area contributed by atoms with Crippen LogP contribution < -0.4 is 11.5 Å². The number of nitrogens with one attached hydrogen (secondary N) is 1. The molecular weight excluding hydrogens is 422 g/mol. The fourth-order valence-electron chi connectivity index (χ4n) is 3.64. The van der Waals surface area contributed by atoms with E-state index >= 15 is 0 Å². The van der Waals surface area contributed by atoms with Crippen molar-refractivity contribution < 1.29 is 4.42 Å². The van der Waals surface area contributed by atoms with Gasteiger partial charge in [-0.25, -0.2) is 9.97 Å². The van der Waals surface area contributed by atoms with Gasteiger partial charge in [0.05, 0.1) is 11.0 Å². The molecule has 0 saturated carbocycles. The van der Waals surface area contributed by atoms with E-state index in [0.29, 0.717) is 11.6 Å². The van der Waals surface area contributed by atoms with Crippen molar-refractivity contribution in [3.63, 3.8) is 0 Å². The van der Waals surface area contributed by atoms with Crippen LogP contribution in [0.15, 0.2) is 89.3 Å². The van der Waals surface area contributed by atoms with E-state index in [4.69, 9.17) is 15.9 Å². The average molecular weight is 448 g/mol. The van der Waals surface area contributed by atoms with E-state index in [1.54, 1.807) is 0 Å². The first-order valence-electron chi connectivity index (χ1n) is 11.0. The molecule has 34 heavy (non-hydrogen) atoms. The zero-order valence-electron chi connectivity index (χ0n) is 19.0. The van der Waals surface area contributed by atoms with Crippen molar-refractivity contribution in [1.82, 2.24) is 15.0 Å². The van der Waals surface area contributed by atoms with Crippen molar-refractivity contribution in [3.8, 4) is 22.8 Å². The Balaban J connectivity index is 0.000000142. The molecule has 0 aliphatic carbocycles. The van der Waals surface area contributed by atoms with Crippen LogP contribution in [0, 0.1) is 13.8 Å². The molecule has 2 heterocycles. The second-order valence-electron chi connectivity index (χ2n) is 8.34. The highest BCUT2D eigenvalue weighted by Crippen LogP contribution is 2.26. The van der Waals surface area contributed by atoms with Gasteiger partial charge >= 0.3 is 0 Å². The van der Waals surface area contributed by atoms with E-state index in [1.807, 2.05) is 60.7 Å². The number of anilines is 2. The average Bonchev–Trinajstić information content (AvgIpc) is 3.44.